The van der Waals surface area contributed by atoms with Crippen LogP contribution in [-0.4, -0.2) is 9.97 Å². The van der Waals surface area contributed by atoms with E-state index < -0.39 is 0 Å². The summed E-state index contributed by atoms with van der Waals surface area (Å²) in [6.45, 7) is 0. The molecule has 0 N–H and O–H groups in total. The van der Waals surface area contributed by atoms with Crippen LogP contribution in [0.5, 0.6) is 0 Å². The lowest BCUT2D eigenvalue weighted by atomic mass is 10.1. The first kappa shape index (κ1) is 12.7. The van der Waals surface area contributed by atoms with E-state index in [1.165, 1.54) is 29.7 Å². The summed E-state index contributed by atoms with van der Waals surface area (Å²) in [7, 11) is 0. The maximum atomic E-state index is 13.3. The number of aromatic nitrogens is 2. The van der Waals surface area contributed by atoms with Gasteiger partial charge in [-0.2, -0.15) is 0 Å². The van der Waals surface area contributed by atoms with Crippen LogP contribution in [0.15, 0.2) is 36.4 Å². The fourth-order valence-electron chi connectivity index (χ4n) is 2.90. The Labute approximate surface area is 126 Å². The van der Waals surface area contributed by atoms with E-state index in [0.717, 1.165) is 18.4 Å². The van der Waals surface area contributed by atoms with Gasteiger partial charge in [-0.05, 0) is 54.7 Å². The van der Waals surface area contributed by atoms with Crippen molar-refractivity contribution in [1.82, 2.24) is 9.97 Å². The van der Waals surface area contributed by atoms with Crippen LogP contribution < -0.4 is 0 Å². The highest BCUT2D eigenvalue weighted by Gasteiger charge is 2.14. The van der Waals surface area contributed by atoms with Gasteiger partial charge in [0, 0.05) is 10.9 Å². The van der Waals surface area contributed by atoms with Crippen LogP contribution in [0.4, 0.5) is 4.39 Å². The summed E-state index contributed by atoms with van der Waals surface area (Å²) in [6.07, 6.45) is 3.46. The molecule has 104 valence electrons. The molecule has 0 saturated heterocycles. The highest BCUT2D eigenvalue weighted by atomic mass is 35.5. The highest BCUT2D eigenvalue weighted by molar-refractivity contribution is 6.34. The second-order valence-corrected chi connectivity index (χ2v) is 5.69. The van der Waals surface area contributed by atoms with Gasteiger partial charge in [-0.15, -0.1) is 0 Å². The van der Waals surface area contributed by atoms with Gasteiger partial charge < -0.3 is 0 Å². The largest absolute Gasteiger partial charge is 0.228 e. The quantitative estimate of drug-likeness (QED) is 0.615. The van der Waals surface area contributed by atoms with Crippen LogP contribution in [0.25, 0.3) is 22.3 Å². The summed E-state index contributed by atoms with van der Waals surface area (Å²) >= 11 is 6.18. The highest BCUT2D eigenvalue weighted by Crippen LogP contribution is 2.29. The Balaban J connectivity index is 1.89. The average molecular weight is 299 g/mol. The van der Waals surface area contributed by atoms with E-state index in [9.17, 15) is 4.39 Å². The monoisotopic (exact) mass is 298 g/mol. The standard InChI is InChI=1S/C17H12ClFN2/c18-16-14-9-13(19)6-7-15(14)20-17(21-16)12-5-4-10-2-1-3-11(10)8-12/h4-9H,1-3H2. The number of rotatable bonds is 1. The Morgan fingerprint density at radius 2 is 1.81 bits per heavy atom. The Hall–Kier alpha value is -2.00. The van der Waals surface area contributed by atoms with E-state index in [4.69, 9.17) is 11.6 Å². The van der Waals surface area contributed by atoms with E-state index >= 15 is 0 Å². The Morgan fingerprint density at radius 1 is 0.952 bits per heavy atom. The third kappa shape index (κ3) is 2.18. The summed E-state index contributed by atoms with van der Waals surface area (Å²) in [4.78, 5) is 8.84. The molecule has 0 fully saturated rings. The molecular weight excluding hydrogens is 287 g/mol. The van der Waals surface area contributed by atoms with Gasteiger partial charge in [0.25, 0.3) is 0 Å². The molecule has 0 unspecified atom stereocenters. The number of aryl methyl sites for hydroxylation is 2. The van der Waals surface area contributed by atoms with E-state index in [-0.39, 0.29) is 11.0 Å². The van der Waals surface area contributed by atoms with Crippen LogP contribution in [0.2, 0.25) is 5.15 Å². The van der Waals surface area contributed by atoms with E-state index in [0.29, 0.717) is 16.7 Å². The van der Waals surface area contributed by atoms with Crippen LogP contribution in [0, 0.1) is 5.82 Å². The lowest BCUT2D eigenvalue weighted by Gasteiger charge is -2.07. The molecule has 2 aromatic carbocycles. The molecule has 2 nitrogen and oxygen atoms in total. The number of nitrogens with zero attached hydrogens (tertiary/aromatic N) is 2. The van der Waals surface area contributed by atoms with Crippen molar-refractivity contribution in [3.8, 4) is 11.4 Å². The van der Waals surface area contributed by atoms with Gasteiger partial charge in [0.1, 0.15) is 11.0 Å². The molecule has 1 aliphatic carbocycles. The molecule has 0 atom stereocenters. The fraction of sp³-hybridized carbons (Fsp3) is 0.176. The molecule has 1 aliphatic rings. The second-order valence-electron chi connectivity index (χ2n) is 5.34. The first-order chi connectivity index (χ1) is 10.2. The number of hydrogen-bond donors (Lipinski definition) is 0. The van der Waals surface area contributed by atoms with Crippen molar-refractivity contribution >= 4 is 22.5 Å². The minimum absolute atomic E-state index is 0.287. The van der Waals surface area contributed by atoms with Crippen molar-refractivity contribution in [1.29, 1.82) is 0 Å². The zero-order valence-corrected chi connectivity index (χ0v) is 12.0. The molecule has 0 spiro atoms. The lowest BCUT2D eigenvalue weighted by Crippen LogP contribution is -1.94. The van der Waals surface area contributed by atoms with Crippen LogP contribution in [0.1, 0.15) is 17.5 Å². The Kier molecular flexibility index (Phi) is 2.89. The molecule has 0 bridgehead atoms. The molecule has 21 heavy (non-hydrogen) atoms. The molecule has 1 aromatic heterocycles. The number of fused-ring (bicyclic) bond motifs is 2. The van der Waals surface area contributed by atoms with Gasteiger partial charge in [0.2, 0.25) is 0 Å². The van der Waals surface area contributed by atoms with Gasteiger partial charge in [0.05, 0.1) is 5.52 Å². The summed E-state index contributed by atoms with van der Waals surface area (Å²) < 4.78 is 13.3. The van der Waals surface area contributed by atoms with Crippen molar-refractivity contribution in [2.45, 2.75) is 19.3 Å². The number of hydrogen-bond acceptors (Lipinski definition) is 2. The molecule has 0 radical (unpaired) electrons. The van der Waals surface area contributed by atoms with E-state index in [2.05, 4.69) is 22.1 Å². The van der Waals surface area contributed by atoms with Gasteiger partial charge in [-0.3, -0.25) is 0 Å². The van der Waals surface area contributed by atoms with E-state index in [1.54, 1.807) is 6.07 Å². The smallest absolute Gasteiger partial charge is 0.161 e. The van der Waals surface area contributed by atoms with Crippen molar-refractivity contribution in [3.05, 3.63) is 58.5 Å². The van der Waals surface area contributed by atoms with Gasteiger partial charge in [-0.1, -0.05) is 23.7 Å². The van der Waals surface area contributed by atoms with Crippen molar-refractivity contribution < 1.29 is 4.39 Å². The van der Waals surface area contributed by atoms with Gasteiger partial charge in [-0.25, -0.2) is 14.4 Å². The van der Waals surface area contributed by atoms with Gasteiger partial charge in [0.15, 0.2) is 5.82 Å². The normalized spacial score (nSPS) is 13.6. The maximum Gasteiger partial charge on any atom is 0.161 e. The van der Waals surface area contributed by atoms with Gasteiger partial charge >= 0.3 is 0 Å². The SMILES string of the molecule is Fc1ccc2nc(-c3ccc4c(c3)CCC4)nc(Cl)c2c1. The summed E-state index contributed by atoms with van der Waals surface area (Å²) in [5.41, 5.74) is 4.40. The summed E-state index contributed by atoms with van der Waals surface area (Å²) in [6, 6.07) is 10.7. The second kappa shape index (κ2) is 4.78. The third-order valence-electron chi connectivity index (χ3n) is 3.97. The Bertz CT molecular complexity index is 861. The summed E-state index contributed by atoms with van der Waals surface area (Å²) in [5.74, 6) is 0.257. The van der Waals surface area contributed by atoms with E-state index in [1.807, 2.05) is 6.07 Å². The third-order valence-corrected chi connectivity index (χ3v) is 4.26. The average Bonchev–Trinajstić information content (AvgIpc) is 2.95. The predicted octanol–water partition coefficient (Wildman–Crippen LogP) is 4.58. The molecule has 4 rings (SSSR count). The summed E-state index contributed by atoms with van der Waals surface area (Å²) in [5, 5.41) is 0.830. The Morgan fingerprint density at radius 3 is 2.71 bits per heavy atom. The predicted molar refractivity (Wildman–Crippen MR) is 82.0 cm³/mol. The fourth-order valence-corrected chi connectivity index (χ4v) is 3.13. The molecule has 0 aliphatic heterocycles. The molecule has 4 heteroatoms. The molecule has 1 heterocycles. The zero-order chi connectivity index (χ0) is 14.4. The maximum absolute atomic E-state index is 13.3. The molecular formula is C17H12ClFN2. The number of benzene rings is 2. The molecule has 0 amide bonds. The van der Waals surface area contributed by atoms with Crippen molar-refractivity contribution in [3.63, 3.8) is 0 Å². The van der Waals surface area contributed by atoms with Crippen molar-refractivity contribution in [2.75, 3.05) is 0 Å². The first-order valence-electron chi connectivity index (χ1n) is 6.96. The van der Waals surface area contributed by atoms with Crippen LogP contribution in [-0.2, 0) is 12.8 Å². The molecule has 3 aromatic rings. The number of halogens is 2. The van der Waals surface area contributed by atoms with Crippen molar-refractivity contribution in [2.24, 2.45) is 0 Å². The van der Waals surface area contributed by atoms with Crippen LogP contribution >= 0.6 is 11.6 Å². The topological polar surface area (TPSA) is 25.8 Å². The minimum atomic E-state index is -0.335. The molecule has 0 saturated carbocycles. The first-order valence-corrected chi connectivity index (χ1v) is 7.33. The van der Waals surface area contributed by atoms with Crippen LogP contribution in [0.3, 0.4) is 0 Å². The zero-order valence-electron chi connectivity index (χ0n) is 11.2. The minimum Gasteiger partial charge on any atom is -0.228 e. The lowest BCUT2D eigenvalue weighted by molar-refractivity contribution is 0.629.